The zero-order chi connectivity index (χ0) is 44.8. The van der Waals surface area contributed by atoms with Gasteiger partial charge in [-0.15, -0.1) is 0 Å². The maximum atomic E-state index is 16.4. The number of ether oxygens (including phenoxy) is 1. The molecule has 3 aromatic heterocycles. The molecule has 0 radical (unpaired) electrons. The SMILES string of the molecule is Cc1cnc(N2CC[C@@H](CN3CCC(C4C(F)=Cc5c(C6CCC(=O)NC6=O)nn(C)c5C4F)CC3)C(C)C2)nc1Nc1ccc2c(c1)c1c(c(=O)n2C)OCC(F)(F)[C@H](C2CC2)N1. The fourth-order valence-corrected chi connectivity index (χ4v) is 10.9. The van der Waals surface area contributed by atoms with Crippen LogP contribution in [0, 0.1) is 36.5 Å². The molecule has 4 aliphatic heterocycles. The fourth-order valence-electron chi connectivity index (χ4n) is 10.9. The number of rotatable bonds is 8. The molecule has 14 nitrogen and oxygen atoms in total. The van der Waals surface area contributed by atoms with E-state index < -0.39 is 53.9 Å². The van der Waals surface area contributed by atoms with Gasteiger partial charge in [-0.1, -0.05) is 6.92 Å². The van der Waals surface area contributed by atoms with Gasteiger partial charge in [-0.05, 0) is 106 Å². The molecule has 3 saturated heterocycles. The summed E-state index contributed by atoms with van der Waals surface area (Å²) in [6.07, 6.45) is 5.63. The van der Waals surface area contributed by atoms with Gasteiger partial charge in [-0.2, -0.15) is 10.1 Å². The van der Waals surface area contributed by atoms with Crippen LogP contribution in [0.3, 0.4) is 0 Å². The zero-order valence-electron chi connectivity index (χ0n) is 36.5. The molecule has 10 rings (SSSR count). The summed E-state index contributed by atoms with van der Waals surface area (Å²) >= 11 is 0. The lowest BCUT2D eigenvalue weighted by atomic mass is 9.75. The molecule has 0 spiro atoms. The van der Waals surface area contributed by atoms with Gasteiger partial charge in [0.1, 0.15) is 11.6 Å². The van der Waals surface area contributed by atoms with Crippen molar-refractivity contribution in [1.29, 1.82) is 0 Å². The van der Waals surface area contributed by atoms with Crippen LogP contribution < -0.4 is 31.1 Å². The van der Waals surface area contributed by atoms with Crippen molar-refractivity contribution in [3.05, 3.63) is 63.1 Å². The predicted molar refractivity (Wildman–Crippen MR) is 233 cm³/mol. The number of fused-ring (bicyclic) bond motifs is 4. The van der Waals surface area contributed by atoms with Crippen molar-refractivity contribution in [2.45, 2.75) is 82.8 Å². The lowest BCUT2D eigenvalue weighted by Crippen LogP contribution is -2.46. The summed E-state index contributed by atoms with van der Waals surface area (Å²) in [6.45, 7) is 7.20. The van der Waals surface area contributed by atoms with Crippen LogP contribution in [0.5, 0.6) is 5.75 Å². The first-order valence-electron chi connectivity index (χ1n) is 22.6. The van der Waals surface area contributed by atoms with Crippen LogP contribution in [-0.2, 0) is 23.7 Å². The molecule has 0 bridgehead atoms. The first-order chi connectivity index (χ1) is 30.6. The number of carbonyl (C=O) groups is 2. The molecule has 18 heteroatoms. The molecule has 4 unspecified atom stereocenters. The maximum Gasteiger partial charge on any atom is 0.301 e. The fraction of sp³-hybridized carbons (Fsp3) is 0.565. The first kappa shape index (κ1) is 42.4. The number of carbonyl (C=O) groups excluding carboxylic acids is 2. The Hall–Kier alpha value is -5.52. The van der Waals surface area contributed by atoms with Gasteiger partial charge in [0.2, 0.25) is 23.5 Å². The smallest absolute Gasteiger partial charge is 0.301 e. The van der Waals surface area contributed by atoms with Crippen molar-refractivity contribution in [2.75, 3.05) is 54.9 Å². The van der Waals surface area contributed by atoms with Crippen LogP contribution in [0.4, 0.5) is 40.7 Å². The van der Waals surface area contributed by atoms with E-state index in [0.29, 0.717) is 77.1 Å². The van der Waals surface area contributed by atoms with Crippen molar-refractivity contribution in [2.24, 2.45) is 43.7 Å². The van der Waals surface area contributed by atoms with Gasteiger partial charge in [0.05, 0.1) is 40.5 Å². The van der Waals surface area contributed by atoms with E-state index in [4.69, 9.17) is 14.7 Å². The van der Waals surface area contributed by atoms with Gasteiger partial charge in [0, 0.05) is 68.5 Å². The topological polar surface area (TPSA) is 152 Å². The number of aromatic nitrogens is 5. The Morgan fingerprint density at radius 1 is 1.02 bits per heavy atom. The number of anilines is 4. The number of benzene rings is 1. The Morgan fingerprint density at radius 2 is 1.80 bits per heavy atom. The van der Waals surface area contributed by atoms with Gasteiger partial charge in [-0.25, -0.2) is 22.5 Å². The lowest BCUT2D eigenvalue weighted by molar-refractivity contribution is -0.134. The van der Waals surface area contributed by atoms with E-state index in [0.717, 1.165) is 44.7 Å². The summed E-state index contributed by atoms with van der Waals surface area (Å²) in [4.78, 5) is 51.9. The minimum atomic E-state index is -3.13. The summed E-state index contributed by atoms with van der Waals surface area (Å²) in [7, 11) is 3.24. The molecule has 4 aromatic rings. The predicted octanol–water partition coefficient (Wildman–Crippen LogP) is 6.68. The minimum absolute atomic E-state index is 0.103. The number of alkyl halides is 3. The van der Waals surface area contributed by atoms with Crippen LogP contribution in [-0.4, -0.2) is 92.3 Å². The number of nitrogens with zero attached hydrogens (tertiary/aromatic N) is 7. The van der Waals surface area contributed by atoms with Crippen molar-refractivity contribution < 1.29 is 31.9 Å². The third kappa shape index (κ3) is 7.58. The quantitative estimate of drug-likeness (QED) is 0.129. The average Bonchev–Trinajstić information content (AvgIpc) is 4.06. The summed E-state index contributed by atoms with van der Waals surface area (Å²) in [5.41, 5.74) is 2.82. The van der Waals surface area contributed by atoms with Crippen LogP contribution in [0.15, 0.2) is 35.0 Å². The Kier molecular flexibility index (Phi) is 10.7. The monoisotopic (exact) mass is 886 g/mol. The second-order valence-corrected chi connectivity index (χ2v) is 19.0. The van der Waals surface area contributed by atoms with E-state index in [9.17, 15) is 14.4 Å². The lowest BCUT2D eigenvalue weighted by Gasteiger charge is -2.42. The van der Waals surface area contributed by atoms with Crippen molar-refractivity contribution in [1.82, 2.24) is 34.5 Å². The molecule has 2 aliphatic carbocycles. The first-order valence-corrected chi connectivity index (χ1v) is 22.6. The molecule has 340 valence electrons. The molecular weight excluding hydrogens is 833 g/mol. The summed E-state index contributed by atoms with van der Waals surface area (Å²) in [5, 5.41) is 13.9. The highest BCUT2D eigenvalue weighted by Crippen LogP contribution is 2.49. The molecule has 6 aliphatic rings. The number of pyridine rings is 1. The Bertz CT molecular complexity index is 2620. The second-order valence-electron chi connectivity index (χ2n) is 19.0. The Morgan fingerprint density at radius 3 is 2.53 bits per heavy atom. The van der Waals surface area contributed by atoms with Gasteiger partial charge in [0.25, 0.3) is 5.56 Å². The number of amides is 2. The summed E-state index contributed by atoms with van der Waals surface area (Å²) in [6, 6.07) is 4.34. The highest BCUT2D eigenvalue weighted by Gasteiger charge is 2.51. The van der Waals surface area contributed by atoms with Gasteiger partial charge in [-0.3, -0.25) is 24.4 Å². The van der Waals surface area contributed by atoms with E-state index in [1.54, 1.807) is 26.4 Å². The highest BCUT2D eigenvalue weighted by molar-refractivity contribution is 6.01. The van der Waals surface area contributed by atoms with E-state index in [1.807, 2.05) is 19.1 Å². The maximum absolute atomic E-state index is 16.4. The van der Waals surface area contributed by atoms with Crippen molar-refractivity contribution in [3.63, 3.8) is 0 Å². The summed E-state index contributed by atoms with van der Waals surface area (Å²) in [5.74, 6) is -4.64. The average molecular weight is 887 g/mol. The molecule has 1 saturated carbocycles. The van der Waals surface area contributed by atoms with E-state index >= 15 is 17.6 Å². The number of imide groups is 1. The zero-order valence-corrected chi connectivity index (χ0v) is 36.5. The number of aryl methyl sites for hydroxylation is 3. The molecule has 3 N–H and O–H groups in total. The standard InChI is InChI=1S/C46H54F4N10O4/c1-23-19-51-45(55-42(23)52-28-7-9-33-30(17-28)38-40(44(63)57(33)3)64-22-46(49,50)41(54-38)26-5-6-26)60-16-13-27(24(2)20-60)21-59-14-11-25(12-15-59)35-32(47)18-31-37(56-58(4)39(31)36(35)48)29-8-10-34(61)53-43(29)62/h7,9,17-19,24-27,29,35-36,41,54H,5-6,8,10-16,20-22H2,1-4H3,(H,51,52,55)(H,53,61,62)/t24?,27-,29?,35?,36?,41-/m0/s1. The second kappa shape index (κ2) is 16.2. The third-order valence-electron chi connectivity index (χ3n) is 14.7. The van der Waals surface area contributed by atoms with Gasteiger partial charge in [0.15, 0.2) is 12.8 Å². The normalized spacial score (nSPS) is 27.5. The molecule has 7 heterocycles. The van der Waals surface area contributed by atoms with Crippen molar-refractivity contribution in [3.8, 4) is 5.75 Å². The van der Waals surface area contributed by atoms with E-state index in [1.165, 1.54) is 15.3 Å². The van der Waals surface area contributed by atoms with Crippen LogP contribution >= 0.6 is 0 Å². The molecule has 4 fully saturated rings. The molecule has 64 heavy (non-hydrogen) atoms. The Balaban J connectivity index is 0.775. The van der Waals surface area contributed by atoms with E-state index in [-0.39, 0.29) is 47.7 Å². The van der Waals surface area contributed by atoms with Gasteiger partial charge < -0.3 is 29.7 Å². The molecule has 2 amide bonds. The van der Waals surface area contributed by atoms with Gasteiger partial charge >= 0.3 is 5.92 Å². The molecular formula is C46H54F4N10O4. The number of allylic oxidation sites excluding steroid dienone is 1. The number of hydrogen-bond acceptors (Lipinski definition) is 11. The third-order valence-corrected chi connectivity index (χ3v) is 14.7. The largest absolute Gasteiger partial charge is 0.480 e. The number of halogens is 4. The minimum Gasteiger partial charge on any atom is -0.480 e. The number of likely N-dealkylation sites (tertiary alicyclic amines) is 1. The van der Waals surface area contributed by atoms with Crippen LogP contribution in [0.25, 0.3) is 17.0 Å². The highest BCUT2D eigenvalue weighted by atomic mass is 19.3. The van der Waals surface area contributed by atoms with Crippen molar-refractivity contribution >= 4 is 51.9 Å². The van der Waals surface area contributed by atoms with Crippen LogP contribution in [0.2, 0.25) is 0 Å². The van der Waals surface area contributed by atoms with E-state index in [2.05, 4.69) is 37.8 Å². The number of nitrogens with one attached hydrogen (secondary N) is 3. The number of piperidine rings is 3. The molecule has 1 aromatic carbocycles. The Labute approximate surface area is 367 Å². The summed E-state index contributed by atoms with van der Waals surface area (Å²) < 4.78 is 71.1. The van der Waals surface area contributed by atoms with Crippen LogP contribution in [0.1, 0.15) is 86.5 Å². The molecule has 6 atom stereocenters. The number of hydrogen-bond donors (Lipinski definition) is 3.